The maximum Gasteiger partial charge on any atom is 0.316 e. The molecule has 1 unspecified atom stereocenters. The molecule has 0 fully saturated rings. The first kappa shape index (κ1) is 38.4. The molecular formula is C40H49N4O4S2+. The van der Waals surface area contributed by atoms with Crippen LogP contribution in [0.4, 0.5) is 11.4 Å². The van der Waals surface area contributed by atoms with Crippen LogP contribution in [-0.2, 0) is 25.6 Å². The van der Waals surface area contributed by atoms with Crippen molar-refractivity contribution in [3.05, 3.63) is 120 Å². The van der Waals surface area contributed by atoms with E-state index in [2.05, 4.69) is 117 Å². The number of aryl methyl sites for hydroxylation is 1. The minimum Gasteiger partial charge on any atom is -0.465 e. The van der Waals surface area contributed by atoms with Gasteiger partial charge < -0.3 is 24.2 Å². The van der Waals surface area contributed by atoms with Gasteiger partial charge in [-0.3, -0.25) is 9.59 Å². The minimum absolute atomic E-state index is 0.143. The monoisotopic (exact) mass is 713 g/mol. The summed E-state index contributed by atoms with van der Waals surface area (Å²) in [4.78, 5) is 30.9. The fourth-order valence-corrected chi connectivity index (χ4v) is 6.67. The largest absolute Gasteiger partial charge is 0.465 e. The summed E-state index contributed by atoms with van der Waals surface area (Å²) in [6.45, 7) is 2.19. The van der Waals surface area contributed by atoms with Crippen LogP contribution in [0.3, 0.4) is 0 Å². The Morgan fingerprint density at radius 3 is 1.98 bits per heavy atom. The summed E-state index contributed by atoms with van der Waals surface area (Å²) >= 11 is 0. The summed E-state index contributed by atoms with van der Waals surface area (Å²) in [6.07, 6.45) is 20.3. The van der Waals surface area contributed by atoms with Gasteiger partial charge in [0.2, 0.25) is 5.69 Å². The Hall–Kier alpha value is -4.41. The Morgan fingerprint density at radius 2 is 1.36 bits per heavy atom. The van der Waals surface area contributed by atoms with Gasteiger partial charge in [0.05, 0.1) is 19.3 Å². The van der Waals surface area contributed by atoms with Gasteiger partial charge >= 0.3 is 11.9 Å². The SMILES string of the molecule is CN(C)c1ccc(/C=C/c2cccc[n+]2CCCOC(=O)CSSCC(=O)OCCCN2C=CC=CC2/C=C/c2ccc(N(C)C)cc2)cc1. The fraction of sp³-hybridized carbons (Fsp3) is 0.325. The number of ether oxygens (including phenoxy) is 2. The van der Waals surface area contributed by atoms with Crippen molar-refractivity contribution >= 4 is 63.1 Å². The molecule has 0 saturated carbocycles. The second kappa shape index (κ2) is 21.0. The van der Waals surface area contributed by atoms with Crippen molar-refractivity contribution in [3.63, 3.8) is 0 Å². The Bertz CT molecular complexity index is 1620. The number of rotatable bonds is 19. The van der Waals surface area contributed by atoms with Crippen LogP contribution < -0.4 is 14.4 Å². The van der Waals surface area contributed by atoms with Crippen LogP contribution >= 0.6 is 21.6 Å². The molecule has 1 aliphatic rings. The van der Waals surface area contributed by atoms with E-state index in [-0.39, 0.29) is 29.5 Å². The number of hydrogen-bond donors (Lipinski definition) is 0. The van der Waals surface area contributed by atoms with E-state index in [0.29, 0.717) is 19.6 Å². The van der Waals surface area contributed by atoms with E-state index >= 15 is 0 Å². The van der Waals surface area contributed by atoms with E-state index < -0.39 is 0 Å². The number of allylic oxidation sites excluding steroid dienone is 2. The maximum atomic E-state index is 12.2. The van der Waals surface area contributed by atoms with Crippen molar-refractivity contribution in [1.29, 1.82) is 0 Å². The summed E-state index contributed by atoms with van der Waals surface area (Å²) in [6, 6.07) is 23.1. The van der Waals surface area contributed by atoms with Gasteiger partial charge in [-0.2, -0.15) is 4.57 Å². The van der Waals surface area contributed by atoms with Crippen molar-refractivity contribution in [2.75, 3.05) is 69.3 Å². The summed E-state index contributed by atoms with van der Waals surface area (Å²) in [5.41, 5.74) is 5.70. The topological polar surface area (TPSA) is 66.2 Å². The van der Waals surface area contributed by atoms with Crippen molar-refractivity contribution in [3.8, 4) is 0 Å². The second-order valence-electron chi connectivity index (χ2n) is 12.1. The average Bonchev–Trinajstić information content (AvgIpc) is 3.13. The van der Waals surface area contributed by atoms with E-state index in [9.17, 15) is 9.59 Å². The van der Waals surface area contributed by atoms with Crippen LogP contribution in [-0.4, -0.2) is 82.3 Å². The molecule has 1 aliphatic heterocycles. The second-order valence-corrected chi connectivity index (χ2v) is 14.6. The molecule has 0 amide bonds. The van der Waals surface area contributed by atoms with E-state index in [1.165, 1.54) is 27.3 Å². The minimum atomic E-state index is -0.284. The molecule has 50 heavy (non-hydrogen) atoms. The van der Waals surface area contributed by atoms with Crippen LogP contribution in [0.5, 0.6) is 0 Å². The van der Waals surface area contributed by atoms with Gasteiger partial charge in [-0.1, -0.05) is 70.2 Å². The van der Waals surface area contributed by atoms with E-state index in [1.54, 1.807) is 0 Å². The van der Waals surface area contributed by atoms with Gasteiger partial charge in [0.25, 0.3) is 0 Å². The van der Waals surface area contributed by atoms with Crippen molar-refractivity contribution in [2.45, 2.75) is 25.4 Å². The molecule has 0 N–H and O–H groups in total. The van der Waals surface area contributed by atoms with Crippen LogP contribution in [0.1, 0.15) is 29.7 Å². The van der Waals surface area contributed by atoms with E-state index in [0.717, 1.165) is 42.0 Å². The lowest BCUT2D eigenvalue weighted by Crippen LogP contribution is -2.37. The lowest BCUT2D eigenvalue weighted by Gasteiger charge is -2.28. The number of carbonyl (C=O) groups excluding carboxylic acids is 2. The number of aromatic nitrogens is 1. The van der Waals surface area contributed by atoms with Crippen LogP contribution in [0.25, 0.3) is 18.2 Å². The molecule has 10 heteroatoms. The highest BCUT2D eigenvalue weighted by atomic mass is 33.1. The first-order valence-electron chi connectivity index (χ1n) is 16.8. The Morgan fingerprint density at radius 1 is 0.760 bits per heavy atom. The highest BCUT2D eigenvalue weighted by Crippen LogP contribution is 2.21. The van der Waals surface area contributed by atoms with Gasteiger partial charge in [0.1, 0.15) is 11.5 Å². The molecule has 0 radical (unpaired) electrons. The zero-order chi connectivity index (χ0) is 35.6. The Labute approximate surface area is 305 Å². The van der Waals surface area contributed by atoms with Crippen LogP contribution in [0.2, 0.25) is 0 Å². The summed E-state index contributed by atoms with van der Waals surface area (Å²) < 4.78 is 13.0. The van der Waals surface area contributed by atoms with Crippen LogP contribution in [0, 0.1) is 0 Å². The first-order chi connectivity index (χ1) is 24.3. The molecule has 1 aromatic heterocycles. The average molecular weight is 714 g/mol. The lowest BCUT2D eigenvalue weighted by atomic mass is 10.1. The molecule has 264 valence electrons. The number of pyridine rings is 1. The van der Waals surface area contributed by atoms with E-state index in [4.69, 9.17) is 9.47 Å². The van der Waals surface area contributed by atoms with Crippen molar-refractivity contribution < 1.29 is 23.6 Å². The Kier molecular flexibility index (Phi) is 16.1. The normalized spacial score (nSPS) is 14.0. The van der Waals surface area contributed by atoms with Crippen molar-refractivity contribution in [2.24, 2.45) is 0 Å². The van der Waals surface area contributed by atoms with Gasteiger partial charge in [0, 0.05) is 70.7 Å². The third-order valence-electron chi connectivity index (χ3n) is 7.87. The predicted molar refractivity (Wildman–Crippen MR) is 211 cm³/mol. The summed E-state index contributed by atoms with van der Waals surface area (Å²) in [5, 5.41) is 0. The number of hydrogen-bond acceptors (Lipinski definition) is 9. The molecule has 2 aromatic carbocycles. The molecule has 4 rings (SSSR count). The van der Waals surface area contributed by atoms with Gasteiger partial charge in [-0.15, -0.1) is 0 Å². The standard InChI is InChI=1S/C40H49N4O4S2/c1-41(2)35-19-13-33(14-20-35)17-23-37-11-5-7-25-43(37)27-9-29-47-39(45)31-49-50-32-40(46)48-30-10-28-44-26-8-6-12-38(44)24-18-34-15-21-36(22-16-34)42(3)4/h5-8,11-26,37H,9-10,27-32H2,1-4H3/q+1/b23-17+. The number of benzene rings is 2. The smallest absolute Gasteiger partial charge is 0.316 e. The molecule has 3 aromatic rings. The zero-order valence-corrected chi connectivity index (χ0v) is 31.2. The first-order valence-corrected chi connectivity index (χ1v) is 19.3. The molecule has 0 bridgehead atoms. The molecule has 1 atom stereocenters. The maximum absolute atomic E-state index is 12.2. The third-order valence-corrected chi connectivity index (χ3v) is 9.95. The van der Waals surface area contributed by atoms with Gasteiger partial charge in [0.15, 0.2) is 12.7 Å². The van der Waals surface area contributed by atoms with E-state index in [1.807, 2.05) is 52.6 Å². The zero-order valence-electron chi connectivity index (χ0n) is 29.5. The molecular weight excluding hydrogens is 665 g/mol. The van der Waals surface area contributed by atoms with Crippen LogP contribution in [0.15, 0.2) is 103 Å². The van der Waals surface area contributed by atoms with Gasteiger partial charge in [-0.25, -0.2) is 0 Å². The quantitative estimate of drug-likeness (QED) is 0.0566. The molecule has 0 saturated heterocycles. The highest BCUT2D eigenvalue weighted by molar-refractivity contribution is 8.77. The molecule has 2 heterocycles. The number of carbonyl (C=O) groups is 2. The molecule has 0 spiro atoms. The Balaban J connectivity index is 1.05. The van der Waals surface area contributed by atoms with Crippen molar-refractivity contribution in [1.82, 2.24) is 4.90 Å². The molecule has 0 aliphatic carbocycles. The number of anilines is 2. The van der Waals surface area contributed by atoms with Gasteiger partial charge in [-0.05, 0) is 66.2 Å². The summed E-state index contributed by atoms with van der Waals surface area (Å²) in [7, 11) is 10.8. The fourth-order valence-electron chi connectivity index (χ4n) is 5.07. The lowest BCUT2D eigenvalue weighted by molar-refractivity contribution is -0.699. The predicted octanol–water partition coefficient (Wildman–Crippen LogP) is 6.99. The number of nitrogens with zero attached hydrogens (tertiary/aromatic N) is 4. The molecule has 8 nitrogen and oxygen atoms in total. The summed E-state index contributed by atoms with van der Waals surface area (Å²) in [5.74, 6) is -0.199. The number of esters is 2. The third kappa shape index (κ3) is 13.5. The highest BCUT2D eigenvalue weighted by Gasteiger charge is 2.13.